The molecule has 0 aliphatic heterocycles. The first-order valence-electron chi connectivity index (χ1n) is 6.40. The van der Waals surface area contributed by atoms with E-state index < -0.39 is 5.60 Å². The van der Waals surface area contributed by atoms with Gasteiger partial charge in [0.25, 0.3) is 0 Å². The summed E-state index contributed by atoms with van der Waals surface area (Å²) in [6, 6.07) is 5.90. The quantitative estimate of drug-likeness (QED) is 0.772. The third-order valence-electron chi connectivity index (χ3n) is 2.54. The van der Waals surface area contributed by atoms with Crippen molar-refractivity contribution in [1.82, 2.24) is 0 Å². The van der Waals surface area contributed by atoms with Gasteiger partial charge in [0, 0.05) is 16.2 Å². The Morgan fingerprint density at radius 3 is 2.32 bits per heavy atom. The van der Waals surface area contributed by atoms with Crippen molar-refractivity contribution < 1.29 is 9.53 Å². The molecule has 1 aromatic carbocycles. The number of benzene rings is 1. The van der Waals surface area contributed by atoms with Crippen molar-refractivity contribution in [3.63, 3.8) is 0 Å². The monoisotopic (exact) mass is 327 g/mol. The number of ether oxygens (including phenoxy) is 1. The number of hydrogen-bond donors (Lipinski definition) is 0. The van der Waals surface area contributed by atoms with Crippen LogP contribution in [0.2, 0.25) is 0 Å². The van der Waals surface area contributed by atoms with E-state index in [0.29, 0.717) is 0 Å². The molecule has 0 bridgehead atoms. The van der Waals surface area contributed by atoms with Crippen LogP contribution in [0.15, 0.2) is 22.7 Å². The van der Waals surface area contributed by atoms with Crippen molar-refractivity contribution in [2.45, 2.75) is 53.2 Å². The predicted molar refractivity (Wildman–Crippen MR) is 82.7 cm³/mol. The van der Waals surface area contributed by atoms with E-state index in [-0.39, 0.29) is 12.1 Å². The van der Waals surface area contributed by atoms with E-state index in [2.05, 4.69) is 15.9 Å². The number of amides is 1. The van der Waals surface area contributed by atoms with Gasteiger partial charge in [-0.25, -0.2) is 4.79 Å². The predicted octanol–water partition coefficient (Wildman–Crippen LogP) is 4.91. The van der Waals surface area contributed by atoms with E-state index >= 15 is 0 Å². The molecule has 1 amide bonds. The van der Waals surface area contributed by atoms with E-state index in [1.54, 1.807) is 4.90 Å². The van der Waals surface area contributed by atoms with Crippen molar-refractivity contribution in [3.8, 4) is 0 Å². The van der Waals surface area contributed by atoms with Crippen LogP contribution in [0.1, 0.15) is 40.2 Å². The minimum Gasteiger partial charge on any atom is -0.443 e. The fourth-order valence-electron chi connectivity index (χ4n) is 1.66. The lowest BCUT2D eigenvalue weighted by molar-refractivity contribution is 0.0570. The molecule has 19 heavy (non-hydrogen) atoms. The second kappa shape index (κ2) is 5.95. The van der Waals surface area contributed by atoms with Crippen molar-refractivity contribution in [3.05, 3.63) is 28.2 Å². The SMILES string of the molecule is Cc1ccc(N(C(=O)OC(C)(C)C)C(C)C)cc1Br. The molecule has 4 heteroatoms. The molecule has 0 saturated heterocycles. The molecule has 0 radical (unpaired) electrons. The molecule has 0 fully saturated rings. The third-order valence-corrected chi connectivity index (χ3v) is 3.39. The number of anilines is 1. The highest BCUT2D eigenvalue weighted by molar-refractivity contribution is 9.10. The van der Waals surface area contributed by atoms with Gasteiger partial charge < -0.3 is 4.74 Å². The maximum atomic E-state index is 12.3. The average molecular weight is 328 g/mol. The Labute approximate surface area is 124 Å². The highest BCUT2D eigenvalue weighted by Gasteiger charge is 2.25. The first-order valence-corrected chi connectivity index (χ1v) is 7.19. The highest BCUT2D eigenvalue weighted by atomic mass is 79.9. The summed E-state index contributed by atoms with van der Waals surface area (Å²) in [6.45, 7) is 11.6. The topological polar surface area (TPSA) is 29.5 Å². The summed E-state index contributed by atoms with van der Waals surface area (Å²) in [7, 11) is 0. The molecule has 0 N–H and O–H groups in total. The van der Waals surface area contributed by atoms with Gasteiger partial charge in [0.15, 0.2) is 0 Å². The highest BCUT2D eigenvalue weighted by Crippen LogP contribution is 2.26. The van der Waals surface area contributed by atoms with Gasteiger partial charge in [-0.15, -0.1) is 0 Å². The summed E-state index contributed by atoms with van der Waals surface area (Å²) < 4.78 is 6.44. The Bertz CT molecular complexity index is 464. The first kappa shape index (κ1) is 16.0. The molecule has 0 saturated carbocycles. The molecule has 0 aliphatic carbocycles. The molecule has 1 rings (SSSR count). The molecule has 0 atom stereocenters. The van der Waals surface area contributed by atoms with E-state index in [1.807, 2.05) is 59.7 Å². The smallest absolute Gasteiger partial charge is 0.415 e. The second-order valence-electron chi connectivity index (χ2n) is 5.88. The van der Waals surface area contributed by atoms with Gasteiger partial charge in [0.1, 0.15) is 5.60 Å². The Morgan fingerprint density at radius 1 is 1.32 bits per heavy atom. The van der Waals surface area contributed by atoms with Crippen LogP contribution in [-0.2, 0) is 4.74 Å². The fourth-order valence-corrected chi connectivity index (χ4v) is 2.02. The Hall–Kier alpha value is -1.03. The molecule has 1 aromatic rings. The van der Waals surface area contributed by atoms with Crippen LogP contribution in [0.25, 0.3) is 0 Å². The summed E-state index contributed by atoms with van der Waals surface area (Å²) in [5, 5.41) is 0. The van der Waals surface area contributed by atoms with Gasteiger partial charge in [-0.2, -0.15) is 0 Å². The largest absolute Gasteiger partial charge is 0.443 e. The zero-order valence-electron chi connectivity index (χ0n) is 12.5. The van der Waals surface area contributed by atoms with Crippen molar-refractivity contribution in [2.75, 3.05) is 4.90 Å². The van der Waals surface area contributed by atoms with Crippen LogP contribution in [0.4, 0.5) is 10.5 Å². The molecule has 0 aliphatic rings. The van der Waals surface area contributed by atoms with Crippen LogP contribution in [0, 0.1) is 6.92 Å². The normalized spacial score (nSPS) is 11.6. The van der Waals surface area contributed by atoms with Gasteiger partial charge >= 0.3 is 6.09 Å². The third kappa shape index (κ3) is 4.53. The summed E-state index contributed by atoms with van der Waals surface area (Å²) >= 11 is 3.50. The number of nitrogens with zero attached hydrogens (tertiary/aromatic N) is 1. The van der Waals surface area contributed by atoms with Crippen molar-refractivity contribution in [1.29, 1.82) is 0 Å². The van der Waals surface area contributed by atoms with Gasteiger partial charge in [-0.1, -0.05) is 22.0 Å². The Kier molecular flexibility index (Phi) is 5.02. The summed E-state index contributed by atoms with van der Waals surface area (Å²) in [5.41, 5.74) is 1.48. The summed E-state index contributed by atoms with van der Waals surface area (Å²) in [5.74, 6) is 0. The maximum absolute atomic E-state index is 12.3. The van der Waals surface area contributed by atoms with Crippen LogP contribution in [0.3, 0.4) is 0 Å². The van der Waals surface area contributed by atoms with Crippen LogP contribution in [0.5, 0.6) is 0 Å². The molecule has 106 valence electrons. The van der Waals surface area contributed by atoms with Gasteiger partial charge in [-0.05, 0) is 59.2 Å². The van der Waals surface area contributed by atoms with Gasteiger partial charge in [-0.3, -0.25) is 4.90 Å². The molecule has 3 nitrogen and oxygen atoms in total. The number of aryl methyl sites for hydroxylation is 1. The van der Waals surface area contributed by atoms with E-state index in [9.17, 15) is 4.79 Å². The molecule has 0 unspecified atom stereocenters. The number of halogens is 1. The summed E-state index contributed by atoms with van der Waals surface area (Å²) in [6.07, 6.45) is -0.321. The lowest BCUT2D eigenvalue weighted by Gasteiger charge is -2.30. The minimum atomic E-state index is -0.494. The van der Waals surface area contributed by atoms with Crippen LogP contribution in [-0.4, -0.2) is 17.7 Å². The average Bonchev–Trinajstić information content (AvgIpc) is 2.20. The molecule has 0 heterocycles. The van der Waals surface area contributed by atoms with Crippen molar-refractivity contribution >= 4 is 27.7 Å². The lowest BCUT2D eigenvalue weighted by Crippen LogP contribution is -2.41. The van der Waals surface area contributed by atoms with E-state index in [0.717, 1.165) is 15.7 Å². The zero-order valence-corrected chi connectivity index (χ0v) is 14.0. The minimum absolute atomic E-state index is 0.0319. The number of carbonyl (C=O) groups excluding carboxylic acids is 1. The number of hydrogen-bond acceptors (Lipinski definition) is 2. The summed E-state index contributed by atoms with van der Waals surface area (Å²) in [4.78, 5) is 13.9. The molecular weight excluding hydrogens is 306 g/mol. The lowest BCUT2D eigenvalue weighted by atomic mass is 10.2. The zero-order chi connectivity index (χ0) is 14.8. The molecule has 0 spiro atoms. The first-order chi connectivity index (χ1) is 8.61. The van der Waals surface area contributed by atoms with Gasteiger partial charge in [0.05, 0.1) is 0 Å². The van der Waals surface area contributed by atoms with E-state index in [4.69, 9.17) is 4.74 Å². The molecule has 0 aromatic heterocycles. The van der Waals surface area contributed by atoms with Gasteiger partial charge in [0.2, 0.25) is 0 Å². The van der Waals surface area contributed by atoms with Crippen LogP contribution >= 0.6 is 15.9 Å². The Morgan fingerprint density at radius 2 is 1.89 bits per heavy atom. The number of carbonyl (C=O) groups is 1. The fraction of sp³-hybridized carbons (Fsp3) is 0.533. The standard InChI is InChI=1S/C15H22BrNO2/c1-10(2)17(14(18)19-15(4,5)6)12-8-7-11(3)13(16)9-12/h7-10H,1-6H3. The van der Waals surface area contributed by atoms with Crippen LogP contribution < -0.4 is 4.90 Å². The Balaban J connectivity index is 3.07. The maximum Gasteiger partial charge on any atom is 0.415 e. The van der Waals surface area contributed by atoms with E-state index in [1.165, 1.54) is 0 Å². The molecular formula is C15H22BrNO2. The second-order valence-corrected chi connectivity index (χ2v) is 6.73. The number of rotatable bonds is 2. The van der Waals surface area contributed by atoms with Crippen molar-refractivity contribution in [2.24, 2.45) is 0 Å².